The van der Waals surface area contributed by atoms with Crippen LogP contribution in [0.4, 0.5) is 0 Å². The van der Waals surface area contributed by atoms with Crippen LogP contribution in [0.5, 0.6) is 0 Å². The molecule has 1 aromatic carbocycles. The summed E-state index contributed by atoms with van der Waals surface area (Å²) in [4.78, 5) is 1.26. The van der Waals surface area contributed by atoms with Crippen molar-refractivity contribution in [1.82, 2.24) is 5.32 Å². The Hall–Kier alpha value is -0.510. The van der Waals surface area contributed by atoms with Crippen LogP contribution in [0.2, 0.25) is 0 Å². The van der Waals surface area contributed by atoms with E-state index in [-0.39, 0.29) is 0 Å². The van der Waals surface area contributed by atoms with E-state index in [2.05, 4.69) is 29.6 Å². The molecule has 0 amide bonds. The van der Waals surface area contributed by atoms with Gasteiger partial charge in [0, 0.05) is 17.2 Å². The Morgan fingerprint density at radius 2 is 1.83 bits per heavy atom. The van der Waals surface area contributed by atoms with Gasteiger partial charge in [0.1, 0.15) is 0 Å². The van der Waals surface area contributed by atoms with Gasteiger partial charge in [0.05, 0.1) is 5.60 Å². The molecule has 2 nitrogen and oxygen atoms in total. The largest absolute Gasteiger partial charge is 0.389 e. The standard InChI is InChI=1S/C15H23NOS/c1-16-11-13-5-7-14(8-6-13)18-12-15(17)9-3-2-4-10-15/h5-8,16-17H,2-4,9-12H2,1H3. The second-order valence-electron chi connectivity index (χ2n) is 5.25. The summed E-state index contributed by atoms with van der Waals surface area (Å²) in [6, 6.07) is 8.63. The van der Waals surface area contributed by atoms with Crippen molar-refractivity contribution in [2.45, 2.75) is 49.1 Å². The van der Waals surface area contributed by atoms with Gasteiger partial charge in [-0.2, -0.15) is 0 Å². The summed E-state index contributed by atoms with van der Waals surface area (Å²) in [5.41, 5.74) is 0.880. The van der Waals surface area contributed by atoms with Crippen molar-refractivity contribution >= 4 is 11.8 Å². The van der Waals surface area contributed by atoms with Crippen molar-refractivity contribution in [3.8, 4) is 0 Å². The molecule has 1 fully saturated rings. The molecule has 1 aromatic rings. The van der Waals surface area contributed by atoms with Gasteiger partial charge in [-0.15, -0.1) is 11.8 Å². The van der Waals surface area contributed by atoms with Crippen LogP contribution in [-0.4, -0.2) is 23.5 Å². The molecule has 0 spiro atoms. The zero-order valence-corrected chi connectivity index (χ0v) is 11.9. The summed E-state index contributed by atoms with van der Waals surface area (Å²) >= 11 is 1.78. The van der Waals surface area contributed by atoms with Crippen molar-refractivity contribution in [3.63, 3.8) is 0 Å². The van der Waals surface area contributed by atoms with Crippen LogP contribution in [0.1, 0.15) is 37.7 Å². The van der Waals surface area contributed by atoms with E-state index in [1.54, 1.807) is 11.8 Å². The van der Waals surface area contributed by atoms with E-state index >= 15 is 0 Å². The maximum atomic E-state index is 10.4. The van der Waals surface area contributed by atoms with Gasteiger partial charge in [0.15, 0.2) is 0 Å². The minimum absolute atomic E-state index is 0.424. The highest BCUT2D eigenvalue weighted by molar-refractivity contribution is 7.99. The van der Waals surface area contributed by atoms with Gasteiger partial charge >= 0.3 is 0 Å². The van der Waals surface area contributed by atoms with Crippen LogP contribution in [-0.2, 0) is 6.54 Å². The highest BCUT2D eigenvalue weighted by Gasteiger charge is 2.28. The Kier molecular flexibility index (Phi) is 5.10. The van der Waals surface area contributed by atoms with Gasteiger partial charge in [-0.05, 0) is 37.6 Å². The summed E-state index contributed by atoms with van der Waals surface area (Å²) in [7, 11) is 1.96. The predicted octanol–water partition coefficient (Wildman–Crippen LogP) is 3.19. The van der Waals surface area contributed by atoms with E-state index in [0.29, 0.717) is 0 Å². The van der Waals surface area contributed by atoms with Crippen molar-refractivity contribution < 1.29 is 5.11 Å². The lowest BCUT2D eigenvalue weighted by atomic mass is 9.86. The average Bonchev–Trinajstić information content (AvgIpc) is 2.39. The Morgan fingerprint density at radius 3 is 2.44 bits per heavy atom. The number of rotatable bonds is 5. The molecule has 2 N–H and O–H groups in total. The second-order valence-corrected chi connectivity index (χ2v) is 6.30. The van der Waals surface area contributed by atoms with Crippen molar-refractivity contribution in [2.24, 2.45) is 0 Å². The maximum absolute atomic E-state index is 10.4. The molecule has 1 aliphatic carbocycles. The summed E-state index contributed by atoms with van der Waals surface area (Å²) in [5, 5.41) is 13.6. The SMILES string of the molecule is CNCc1ccc(SCC2(O)CCCCC2)cc1. The molecule has 100 valence electrons. The van der Waals surface area contributed by atoms with Crippen molar-refractivity contribution in [1.29, 1.82) is 0 Å². The fourth-order valence-electron chi connectivity index (χ4n) is 2.48. The summed E-state index contributed by atoms with van der Waals surface area (Å²) in [5.74, 6) is 0.832. The minimum atomic E-state index is -0.424. The van der Waals surface area contributed by atoms with Crippen LogP contribution in [0.25, 0.3) is 0 Å². The summed E-state index contributed by atoms with van der Waals surface area (Å²) in [6.07, 6.45) is 5.58. The minimum Gasteiger partial charge on any atom is -0.389 e. The highest BCUT2D eigenvalue weighted by Crippen LogP contribution is 2.33. The zero-order chi connectivity index (χ0) is 12.8. The average molecular weight is 265 g/mol. The van der Waals surface area contributed by atoms with E-state index in [4.69, 9.17) is 0 Å². The Labute approximate surface area is 114 Å². The lowest BCUT2D eigenvalue weighted by molar-refractivity contribution is 0.0273. The number of hydrogen-bond acceptors (Lipinski definition) is 3. The third kappa shape index (κ3) is 4.01. The molecule has 0 aliphatic heterocycles. The molecule has 0 aromatic heterocycles. The molecule has 3 heteroatoms. The highest BCUT2D eigenvalue weighted by atomic mass is 32.2. The van der Waals surface area contributed by atoms with Gasteiger partial charge in [0.2, 0.25) is 0 Å². The van der Waals surface area contributed by atoms with Gasteiger partial charge in [0.25, 0.3) is 0 Å². The van der Waals surface area contributed by atoms with E-state index in [1.807, 2.05) is 7.05 Å². The smallest absolute Gasteiger partial charge is 0.0741 e. The molecular weight excluding hydrogens is 242 g/mol. The van der Waals surface area contributed by atoms with Crippen LogP contribution >= 0.6 is 11.8 Å². The van der Waals surface area contributed by atoms with Crippen LogP contribution in [0.15, 0.2) is 29.2 Å². The van der Waals surface area contributed by atoms with E-state index in [9.17, 15) is 5.11 Å². The first-order chi connectivity index (χ1) is 8.72. The van der Waals surface area contributed by atoms with E-state index in [0.717, 1.165) is 25.1 Å². The van der Waals surface area contributed by atoms with Crippen molar-refractivity contribution in [2.75, 3.05) is 12.8 Å². The lowest BCUT2D eigenvalue weighted by Gasteiger charge is -2.31. The van der Waals surface area contributed by atoms with E-state index < -0.39 is 5.60 Å². The Bertz CT molecular complexity index is 357. The molecule has 2 rings (SSSR count). The monoisotopic (exact) mass is 265 g/mol. The molecule has 1 saturated carbocycles. The predicted molar refractivity (Wildman–Crippen MR) is 78.0 cm³/mol. The Balaban J connectivity index is 1.85. The molecular formula is C15H23NOS. The summed E-state index contributed by atoms with van der Waals surface area (Å²) in [6.45, 7) is 0.912. The second kappa shape index (κ2) is 6.60. The van der Waals surface area contributed by atoms with Crippen LogP contribution in [0, 0.1) is 0 Å². The molecule has 1 aliphatic rings. The normalized spacial score (nSPS) is 18.8. The molecule has 0 radical (unpaired) electrons. The van der Waals surface area contributed by atoms with Gasteiger partial charge in [-0.3, -0.25) is 0 Å². The molecule has 0 bridgehead atoms. The summed E-state index contributed by atoms with van der Waals surface area (Å²) < 4.78 is 0. The number of benzene rings is 1. The van der Waals surface area contributed by atoms with Gasteiger partial charge in [-0.1, -0.05) is 31.4 Å². The fourth-order valence-corrected chi connectivity index (χ4v) is 3.53. The molecule has 0 unspecified atom stereocenters. The molecule has 0 atom stereocenters. The Morgan fingerprint density at radius 1 is 1.17 bits per heavy atom. The first-order valence-corrected chi connectivity index (χ1v) is 7.79. The fraction of sp³-hybridized carbons (Fsp3) is 0.600. The third-order valence-corrected chi connectivity index (χ3v) is 4.88. The van der Waals surface area contributed by atoms with Gasteiger partial charge < -0.3 is 10.4 Å². The first-order valence-electron chi connectivity index (χ1n) is 6.81. The van der Waals surface area contributed by atoms with Gasteiger partial charge in [-0.25, -0.2) is 0 Å². The van der Waals surface area contributed by atoms with Crippen LogP contribution < -0.4 is 5.32 Å². The number of aliphatic hydroxyl groups is 1. The topological polar surface area (TPSA) is 32.3 Å². The number of hydrogen-bond donors (Lipinski definition) is 2. The third-order valence-electron chi connectivity index (χ3n) is 3.60. The van der Waals surface area contributed by atoms with Crippen molar-refractivity contribution in [3.05, 3.63) is 29.8 Å². The number of thioether (sulfide) groups is 1. The molecule has 18 heavy (non-hydrogen) atoms. The maximum Gasteiger partial charge on any atom is 0.0741 e. The van der Waals surface area contributed by atoms with Crippen LogP contribution in [0.3, 0.4) is 0 Å². The number of nitrogens with one attached hydrogen (secondary N) is 1. The zero-order valence-electron chi connectivity index (χ0n) is 11.1. The quantitative estimate of drug-likeness (QED) is 0.802. The lowest BCUT2D eigenvalue weighted by Crippen LogP contribution is -2.33. The first kappa shape index (κ1) is 13.9. The van der Waals surface area contributed by atoms with E-state index in [1.165, 1.54) is 29.7 Å². The molecule has 0 heterocycles. The molecule has 0 saturated heterocycles.